The lowest BCUT2D eigenvalue weighted by molar-refractivity contribution is -0.0721. The number of nitrogens with one attached hydrogen (secondary N) is 1. The Morgan fingerprint density at radius 2 is 1.91 bits per heavy atom. The number of aromatic nitrogens is 1. The van der Waals surface area contributed by atoms with Crippen molar-refractivity contribution in [1.29, 1.82) is 0 Å². The van der Waals surface area contributed by atoms with E-state index in [1.54, 1.807) is 0 Å². The molecule has 2 saturated heterocycles. The Morgan fingerprint density at radius 1 is 1.12 bits per heavy atom. The second-order valence-corrected chi connectivity index (χ2v) is 9.21. The number of ether oxygens (including phenoxy) is 3. The fourth-order valence-electron chi connectivity index (χ4n) is 4.80. The maximum atomic E-state index is 6.17. The van der Waals surface area contributed by atoms with Gasteiger partial charge in [0.2, 0.25) is 5.88 Å². The predicted octanol–water partition coefficient (Wildman–Crippen LogP) is 4.54. The molecule has 1 N–H and O–H groups in total. The number of rotatable bonds is 8. The monoisotopic (exact) mass is 572 g/mol. The summed E-state index contributed by atoms with van der Waals surface area (Å²) in [6.45, 7) is 7.17. The van der Waals surface area contributed by atoms with Gasteiger partial charge in [0.05, 0.1) is 25.4 Å². The quantitative estimate of drug-likeness (QED) is 0.281. The highest BCUT2D eigenvalue weighted by Crippen LogP contribution is 2.23. The third-order valence-corrected chi connectivity index (χ3v) is 6.67. The largest absolute Gasteiger partial charge is 0.474 e. The highest BCUT2D eigenvalue weighted by atomic mass is 127. The van der Waals surface area contributed by atoms with Crippen LogP contribution in [0.4, 0.5) is 0 Å². The van der Waals surface area contributed by atoms with Crippen LogP contribution in [-0.4, -0.2) is 67.0 Å². The first-order valence-electron chi connectivity index (χ1n) is 12.7. The predicted molar refractivity (Wildman–Crippen MR) is 141 cm³/mol. The average Bonchev–Trinajstić information content (AvgIpc) is 3.35. The lowest BCUT2D eigenvalue weighted by Gasteiger charge is -2.35. The number of nitrogens with zero attached hydrogens (tertiary/aromatic N) is 3. The van der Waals surface area contributed by atoms with Gasteiger partial charge in [-0.25, -0.2) is 9.98 Å². The van der Waals surface area contributed by atoms with E-state index in [4.69, 9.17) is 19.2 Å². The summed E-state index contributed by atoms with van der Waals surface area (Å²) in [6, 6.07) is 4.07. The maximum Gasteiger partial charge on any atom is 0.213 e. The van der Waals surface area contributed by atoms with Gasteiger partial charge >= 0.3 is 0 Å². The molecule has 4 rings (SSSR count). The van der Waals surface area contributed by atoms with Crippen LogP contribution < -0.4 is 10.1 Å². The molecule has 33 heavy (non-hydrogen) atoms. The van der Waals surface area contributed by atoms with Crippen LogP contribution in [0.1, 0.15) is 70.3 Å². The van der Waals surface area contributed by atoms with Gasteiger partial charge in [0.1, 0.15) is 6.10 Å². The van der Waals surface area contributed by atoms with Crippen molar-refractivity contribution in [2.75, 3.05) is 32.8 Å². The molecule has 1 atom stereocenters. The van der Waals surface area contributed by atoms with Gasteiger partial charge in [0.15, 0.2) is 5.96 Å². The summed E-state index contributed by atoms with van der Waals surface area (Å²) in [6.07, 6.45) is 13.2. The van der Waals surface area contributed by atoms with E-state index in [0.29, 0.717) is 24.9 Å². The maximum absolute atomic E-state index is 6.17. The van der Waals surface area contributed by atoms with E-state index < -0.39 is 0 Å². The molecule has 1 saturated carbocycles. The Morgan fingerprint density at radius 3 is 2.64 bits per heavy atom. The fourth-order valence-corrected chi connectivity index (χ4v) is 4.80. The first kappa shape index (κ1) is 26.5. The summed E-state index contributed by atoms with van der Waals surface area (Å²) in [4.78, 5) is 11.7. The van der Waals surface area contributed by atoms with Crippen LogP contribution >= 0.6 is 24.0 Å². The van der Waals surface area contributed by atoms with Crippen LogP contribution in [0, 0.1) is 0 Å². The minimum absolute atomic E-state index is 0. The zero-order chi connectivity index (χ0) is 22.0. The van der Waals surface area contributed by atoms with Gasteiger partial charge in [-0.15, -0.1) is 24.0 Å². The molecule has 3 heterocycles. The normalized spacial score (nSPS) is 22.8. The number of likely N-dealkylation sites (tertiary alicyclic amines) is 1. The zero-order valence-electron chi connectivity index (χ0n) is 20.0. The van der Waals surface area contributed by atoms with Crippen molar-refractivity contribution < 1.29 is 14.2 Å². The zero-order valence-corrected chi connectivity index (χ0v) is 22.4. The van der Waals surface area contributed by atoms with Crippen LogP contribution in [0.25, 0.3) is 0 Å². The van der Waals surface area contributed by atoms with E-state index in [-0.39, 0.29) is 24.0 Å². The van der Waals surface area contributed by atoms with Gasteiger partial charge in [-0.1, -0.05) is 0 Å². The second kappa shape index (κ2) is 14.3. The lowest BCUT2D eigenvalue weighted by Crippen LogP contribution is -2.47. The Bertz CT molecular complexity index is 715. The Labute approximate surface area is 216 Å². The SMILES string of the molecule is CCNC(=NCc1ccnc(OC2CCCC2)c1)N1CCC(OCC2CCCCO2)CC1.I. The molecule has 3 aliphatic rings. The number of guanidine groups is 1. The standard InChI is InChI=1S/C25H40N4O3.HI/c1-2-26-25(28-18-20-10-13-27-24(17-20)32-22-7-3-4-8-22)29-14-11-21(12-15-29)31-19-23-9-5-6-16-30-23;/h10,13,17,21-23H,2-9,11-12,14-16,18-19H2,1H3,(H,26,28);1H. The molecular weight excluding hydrogens is 531 g/mol. The molecule has 3 fully saturated rings. The number of piperidine rings is 1. The highest BCUT2D eigenvalue weighted by molar-refractivity contribution is 14.0. The van der Waals surface area contributed by atoms with Crippen molar-refractivity contribution in [3.63, 3.8) is 0 Å². The number of halogens is 1. The Kier molecular flexibility index (Phi) is 11.5. The third kappa shape index (κ3) is 8.55. The minimum Gasteiger partial charge on any atom is -0.474 e. The Balaban J connectivity index is 0.00000306. The van der Waals surface area contributed by atoms with E-state index in [1.165, 1.54) is 25.7 Å². The van der Waals surface area contributed by atoms with Gasteiger partial charge in [-0.3, -0.25) is 0 Å². The molecule has 7 nitrogen and oxygen atoms in total. The summed E-state index contributed by atoms with van der Waals surface area (Å²) in [5.41, 5.74) is 1.13. The van der Waals surface area contributed by atoms with E-state index >= 15 is 0 Å². The summed E-state index contributed by atoms with van der Waals surface area (Å²) in [5.74, 6) is 1.71. The lowest BCUT2D eigenvalue weighted by atomic mass is 10.1. The Hall–Kier alpha value is -1.13. The van der Waals surface area contributed by atoms with Crippen molar-refractivity contribution in [1.82, 2.24) is 15.2 Å². The summed E-state index contributed by atoms with van der Waals surface area (Å²) >= 11 is 0. The number of hydrogen-bond donors (Lipinski definition) is 1. The van der Waals surface area contributed by atoms with Crippen LogP contribution in [0.15, 0.2) is 23.3 Å². The van der Waals surface area contributed by atoms with Crippen LogP contribution in [0.3, 0.4) is 0 Å². The molecule has 186 valence electrons. The minimum atomic E-state index is 0. The smallest absolute Gasteiger partial charge is 0.213 e. The fraction of sp³-hybridized carbons (Fsp3) is 0.760. The molecule has 0 amide bonds. The van der Waals surface area contributed by atoms with Gasteiger partial charge in [0.25, 0.3) is 0 Å². The summed E-state index contributed by atoms with van der Waals surface area (Å²) in [5, 5.41) is 3.46. The van der Waals surface area contributed by atoms with E-state index in [1.807, 2.05) is 18.3 Å². The molecule has 8 heteroatoms. The van der Waals surface area contributed by atoms with Crippen molar-refractivity contribution in [3.8, 4) is 5.88 Å². The first-order valence-corrected chi connectivity index (χ1v) is 12.7. The second-order valence-electron chi connectivity index (χ2n) is 9.21. The van der Waals surface area contributed by atoms with E-state index in [0.717, 1.165) is 82.4 Å². The molecule has 0 spiro atoms. The average molecular weight is 573 g/mol. The number of aliphatic imine (C=N–C) groups is 1. The van der Waals surface area contributed by atoms with E-state index in [2.05, 4.69) is 22.1 Å². The molecule has 0 radical (unpaired) electrons. The molecule has 1 unspecified atom stereocenters. The molecule has 2 aliphatic heterocycles. The van der Waals surface area contributed by atoms with Crippen LogP contribution in [0.2, 0.25) is 0 Å². The first-order chi connectivity index (χ1) is 15.8. The van der Waals surface area contributed by atoms with Crippen LogP contribution in [-0.2, 0) is 16.0 Å². The molecule has 1 aromatic heterocycles. The molecule has 0 aromatic carbocycles. The number of pyridine rings is 1. The molecule has 0 bridgehead atoms. The summed E-state index contributed by atoms with van der Waals surface area (Å²) < 4.78 is 18.0. The van der Waals surface area contributed by atoms with Crippen molar-refractivity contribution in [2.24, 2.45) is 4.99 Å². The number of hydrogen-bond acceptors (Lipinski definition) is 5. The van der Waals surface area contributed by atoms with Crippen molar-refractivity contribution >= 4 is 29.9 Å². The van der Waals surface area contributed by atoms with Gasteiger partial charge in [-0.05, 0) is 76.3 Å². The highest BCUT2D eigenvalue weighted by Gasteiger charge is 2.24. The van der Waals surface area contributed by atoms with E-state index in [9.17, 15) is 0 Å². The van der Waals surface area contributed by atoms with Crippen LogP contribution in [0.5, 0.6) is 5.88 Å². The third-order valence-electron chi connectivity index (χ3n) is 6.67. The molecular formula is C25H41IN4O3. The van der Waals surface area contributed by atoms with Crippen molar-refractivity contribution in [2.45, 2.75) is 89.6 Å². The van der Waals surface area contributed by atoms with Gasteiger partial charge in [-0.2, -0.15) is 0 Å². The topological polar surface area (TPSA) is 68.2 Å². The molecule has 1 aromatic rings. The molecule has 1 aliphatic carbocycles. The van der Waals surface area contributed by atoms with Gasteiger partial charge < -0.3 is 24.4 Å². The van der Waals surface area contributed by atoms with Gasteiger partial charge in [0, 0.05) is 38.5 Å². The summed E-state index contributed by atoms with van der Waals surface area (Å²) in [7, 11) is 0. The van der Waals surface area contributed by atoms with Crippen molar-refractivity contribution in [3.05, 3.63) is 23.9 Å².